The van der Waals surface area contributed by atoms with Gasteiger partial charge in [-0.2, -0.15) is 5.10 Å². The van der Waals surface area contributed by atoms with Crippen LogP contribution in [0.3, 0.4) is 0 Å². The summed E-state index contributed by atoms with van der Waals surface area (Å²) in [4.78, 5) is 0. The van der Waals surface area contributed by atoms with Crippen molar-refractivity contribution in [3.63, 3.8) is 0 Å². The molecule has 1 aromatic heterocycles. The van der Waals surface area contributed by atoms with E-state index in [1.807, 2.05) is 60.7 Å². The maximum absolute atomic E-state index is 11.0. The average Bonchev–Trinajstić information content (AvgIpc) is 3.01. The Hall–Kier alpha value is -3.33. The highest BCUT2D eigenvalue weighted by atomic mass is 16.3. The molecule has 3 aromatic carbocycles. The first kappa shape index (κ1) is 16.2. The van der Waals surface area contributed by atoms with Gasteiger partial charge in [-0.1, -0.05) is 72.3 Å². The van der Waals surface area contributed by atoms with Gasteiger partial charge in [0.15, 0.2) is 0 Å². The lowest BCUT2D eigenvalue weighted by atomic mass is 9.98. The second-order valence-corrected chi connectivity index (χ2v) is 6.48. The molecule has 0 aliphatic rings. The average molecular weight is 340 g/mol. The zero-order chi connectivity index (χ0) is 18.1. The standard InChI is InChI=1S/C23H20N2O/c1-16-12-14-18(15-13-16)21-22(20-11-7-6-8-17(20)2)24-25(23(21)26)19-9-4-3-5-10-19/h3-15,26H,1-2H3. The molecule has 0 aliphatic heterocycles. The van der Waals surface area contributed by atoms with Crippen LogP contribution in [0, 0.1) is 13.8 Å². The van der Waals surface area contributed by atoms with Gasteiger partial charge in [-0.15, -0.1) is 0 Å². The van der Waals surface area contributed by atoms with Crippen LogP contribution in [0.1, 0.15) is 11.1 Å². The van der Waals surface area contributed by atoms with Crippen molar-refractivity contribution in [1.82, 2.24) is 9.78 Å². The van der Waals surface area contributed by atoms with Crippen LogP contribution in [-0.4, -0.2) is 14.9 Å². The smallest absolute Gasteiger partial charge is 0.222 e. The topological polar surface area (TPSA) is 38.0 Å². The summed E-state index contributed by atoms with van der Waals surface area (Å²) in [6.45, 7) is 4.12. The van der Waals surface area contributed by atoms with E-state index in [9.17, 15) is 5.11 Å². The molecular formula is C23H20N2O. The van der Waals surface area contributed by atoms with Gasteiger partial charge < -0.3 is 5.11 Å². The number of para-hydroxylation sites is 1. The maximum Gasteiger partial charge on any atom is 0.222 e. The summed E-state index contributed by atoms with van der Waals surface area (Å²) in [6.07, 6.45) is 0. The van der Waals surface area contributed by atoms with Crippen molar-refractivity contribution in [3.8, 4) is 34.0 Å². The van der Waals surface area contributed by atoms with Crippen molar-refractivity contribution in [2.75, 3.05) is 0 Å². The Bertz CT molecular complexity index is 1050. The third-order valence-electron chi connectivity index (χ3n) is 4.60. The largest absolute Gasteiger partial charge is 0.493 e. The fourth-order valence-corrected chi connectivity index (χ4v) is 3.17. The summed E-state index contributed by atoms with van der Waals surface area (Å²) in [7, 11) is 0. The van der Waals surface area contributed by atoms with Crippen molar-refractivity contribution in [2.45, 2.75) is 13.8 Å². The molecule has 0 amide bonds. The fourth-order valence-electron chi connectivity index (χ4n) is 3.17. The Balaban J connectivity index is 2.00. The van der Waals surface area contributed by atoms with E-state index in [4.69, 9.17) is 5.10 Å². The third kappa shape index (κ3) is 2.78. The van der Waals surface area contributed by atoms with Gasteiger partial charge in [0.05, 0.1) is 11.3 Å². The highest BCUT2D eigenvalue weighted by Gasteiger charge is 2.22. The first-order chi connectivity index (χ1) is 12.6. The van der Waals surface area contributed by atoms with Crippen LogP contribution in [0.2, 0.25) is 0 Å². The van der Waals surface area contributed by atoms with E-state index in [1.165, 1.54) is 5.56 Å². The number of hydrogen-bond acceptors (Lipinski definition) is 2. The minimum atomic E-state index is 0.151. The molecule has 0 aliphatic carbocycles. The lowest BCUT2D eigenvalue weighted by Crippen LogP contribution is -1.95. The molecule has 4 rings (SSSR count). The quantitative estimate of drug-likeness (QED) is 0.532. The van der Waals surface area contributed by atoms with Gasteiger partial charge in [-0.05, 0) is 37.1 Å². The third-order valence-corrected chi connectivity index (χ3v) is 4.60. The molecule has 0 fully saturated rings. The summed E-state index contributed by atoms with van der Waals surface area (Å²) in [5.41, 5.74) is 6.65. The Morgan fingerprint density at radius 2 is 1.42 bits per heavy atom. The van der Waals surface area contributed by atoms with Crippen LogP contribution in [0.15, 0.2) is 78.9 Å². The number of aryl methyl sites for hydroxylation is 2. The number of hydrogen-bond donors (Lipinski definition) is 1. The minimum Gasteiger partial charge on any atom is -0.493 e. The molecule has 0 saturated carbocycles. The van der Waals surface area contributed by atoms with Crippen molar-refractivity contribution in [2.24, 2.45) is 0 Å². The Morgan fingerprint density at radius 3 is 2.12 bits per heavy atom. The normalized spacial score (nSPS) is 10.8. The summed E-state index contributed by atoms with van der Waals surface area (Å²) < 4.78 is 1.61. The van der Waals surface area contributed by atoms with E-state index < -0.39 is 0 Å². The van der Waals surface area contributed by atoms with Crippen LogP contribution >= 0.6 is 0 Å². The molecule has 3 nitrogen and oxygen atoms in total. The number of nitrogens with zero attached hydrogens (tertiary/aromatic N) is 2. The van der Waals surface area contributed by atoms with Gasteiger partial charge in [-0.25, -0.2) is 4.68 Å². The van der Waals surface area contributed by atoms with E-state index in [-0.39, 0.29) is 5.88 Å². The van der Waals surface area contributed by atoms with Crippen LogP contribution in [-0.2, 0) is 0 Å². The van der Waals surface area contributed by atoms with E-state index in [0.717, 1.165) is 33.6 Å². The molecule has 0 saturated heterocycles. The Morgan fingerprint density at radius 1 is 0.769 bits per heavy atom. The van der Waals surface area contributed by atoms with Crippen LogP contribution in [0.4, 0.5) is 0 Å². The molecule has 1 N–H and O–H groups in total. The lowest BCUT2D eigenvalue weighted by molar-refractivity contribution is 0.435. The van der Waals surface area contributed by atoms with Gasteiger partial charge in [-0.3, -0.25) is 0 Å². The number of aromatic nitrogens is 2. The number of rotatable bonds is 3. The Labute approximate surface area is 153 Å². The van der Waals surface area contributed by atoms with E-state index in [1.54, 1.807) is 4.68 Å². The monoisotopic (exact) mass is 340 g/mol. The lowest BCUT2D eigenvalue weighted by Gasteiger charge is -2.06. The van der Waals surface area contributed by atoms with Crippen molar-refractivity contribution < 1.29 is 5.11 Å². The van der Waals surface area contributed by atoms with Crippen molar-refractivity contribution in [3.05, 3.63) is 90.0 Å². The van der Waals surface area contributed by atoms with E-state index >= 15 is 0 Å². The van der Waals surface area contributed by atoms with E-state index in [0.29, 0.717) is 0 Å². The van der Waals surface area contributed by atoms with Gasteiger partial charge in [0.1, 0.15) is 5.69 Å². The second-order valence-electron chi connectivity index (χ2n) is 6.48. The highest BCUT2D eigenvalue weighted by Crippen LogP contribution is 2.40. The Kier molecular flexibility index (Phi) is 4.05. The number of aromatic hydroxyl groups is 1. The first-order valence-corrected chi connectivity index (χ1v) is 8.65. The van der Waals surface area contributed by atoms with Gasteiger partial charge in [0, 0.05) is 5.56 Å². The summed E-state index contributed by atoms with van der Waals surface area (Å²) in [5, 5.41) is 15.8. The molecule has 0 bridgehead atoms. The molecule has 128 valence electrons. The zero-order valence-electron chi connectivity index (χ0n) is 14.8. The predicted molar refractivity (Wildman–Crippen MR) is 106 cm³/mol. The number of benzene rings is 3. The fraction of sp³-hybridized carbons (Fsp3) is 0.0870. The maximum atomic E-state index is 11.0. The predicted octanol–water partition coefficient (Wildman–Crippen LogP) is 5.53. The molecule has 26 heavy (non-hydrogen) atoms. The van der Waals surface area contributed by atoms with Crippen molar-refractivity contribution in [1.29, 1.82) is 0 Å². The van der Waals surface area contributed by atoms with Gasteiger partial charge in [0.25, 0.3) is 0 Å². The van der Waals surface area contributed by atoms with E-state index in [2.05, 4.69) is 32.0 Å². The molecule has 4 aromatic rings. The van der Waals surface area contributed by atoms with Crippen molar-refractivity contribution >= 4 is 0 Å². The molecule has 3 heteroatoms. The van der Waals surface area contributed by atoms with Crippen LogP contribution in [0.25, 0.3) is 28.1 Å². The second kappa shape index (κ2) is 6.52. The molecule has 0 unspecified atom stereocenters. The highest BCUT2D eigenvalue weighted by molar-refractivity contribution is 5.86. The SMILES string of the molecule is Cc1ccc(-c2c(-c3ccccc3C)nn(-c3ccccc3)c2O)cc1. The first-order valence-electron chi connectivity index (χ1n) is 8.65. The molecule has 0 radical (unpaired) electrons. The summed E-state index contributed by atoms with van der Waals surface area (Å²) in [6, 6.07) is 26.0. The summed E-state index contributed by atoms with van der Waals surface area (Å²) in [5.74, 6) is 0.151. The van der Waals surface area contributed by atoms with Gasteiger partial charge >= 0.3 is 0 Å². The summed E-state index contributed by atoms with van der Waals surface area (Å²) >= 11 is 0. The molecular weight excluding hydrogens is 320 g/mol. The van der Waals surface area contributed by atoms with Crippen LogP contribution in [0.5, 0.6) is 5.88 Å². The molecule has 0 spiro atoms. The van der Waals surface area contributed by atoms with Gasteiger partial charge in [0.2, 0.25) is 5.88 Å². The van der Waals surface area contributed by atoms with Crippen LogP contribution < -0.4 is 0 Å². The zero-order valence-corrected chi connectivity index (χ0v) is 14.8. The molecule has 0 atom stereocenters. The molecule has 1 heterocycles. The minimum absolute atomic E-state index is 0.151.